The van der Waals surface area contributed by atoms with Crippen molar-refractivity contribution in [3.63, 3.8) is 0 Å². The number of nitrogens with zero attached hydrogens (tertiary/aromatic N) is 2. The zero-order valence-electron chi connectivity index (χ0n) is 14.0. The highest BCUT2D eigenvalue weighted by molar-refractivity contribution is 5.51. The lowest BCUT2D eigenvalue weighted by Gasteiger charge is -2.27. The average Bonchev–Trinajstić information content (AvgIpc) is 2.46. The first-order valence-corrected chi connectivity index (χ1v) is 7.54. The van der Waals surface area contributed by atoms with Gasteiger partial charge in [-0.1, -0.05) is 6.92 Å². The van der Waals surface area contributed by atoms with Gasteiger partial charge in [0.25, 0.3) is 0 Å². The summed E-state index contributed by atoms with van der Waals surface area (Å²) in [6, 6.07) is 2.14. The standard InChI is InChI=1S/C16H29N3O2/c1-6-17-12-15-13(2)11-14(3)18-16(15)19(7-9-20-4)8-10-21-5/h11,17H,6-10,12H2,1-5H3. The molecule has 0 fully saturated rings. The summed E-state index contributed by atoms with van der Waals surface area (Å²) in [5.74, 6) is 1.04. The summed E-state index contributed by atoms with van der Waals surface area (Å²) < 4.78 is 10.5. The number of aryl methyl sites for hydroxylation is 2. The minimum Gasteiger partial charge on any atom is -0.383 e. The lowest BCUT2D eigenvalue weighted by Crippen LogP contribution is -2.33. The third-order valence-corrected chi connectivity index (χ3v) is 3.44. The van der Waals surface area contributed by atoms with Gasteiger partial charge in [0.05, 0.1) is 13.2 Å². The first-order chi connectivity index (χ1) is 10.1. The van der Waals surface area contributed by atoms with Crippen LogP contribution in [0.3, 0.4) is 0 Å². The summed E-state index contributed by atoms with van der Waals surface area (Å²) in [4.78, 5) is 7.02. The van der Waals surface area contributed by atoms with Gasteiger partial charge < -0.3 is 19.7 Å². The first kappa shape index (κ1) is 17.9. The van der Waals surface area contributed by atoms with Crippen molar-refractivity contribution in [2.75, 3.05) is 52.0 Å². The summed E-state index contributed by atoms with van der Waals surface area (Å²) in [6.07, 6.45) is 0. The molecule has 1 aromatic rings. The maximum atomic E-state index is 5.23. The number of ether oxygens (including phenoxy) is 2. The Morgan fingerprint density at radius 2 is 1.76 bits per heavy atom. The molecule has 0 aliphatic carbocycles. The van der Waals surface area contributed by atoms with Crippen LogP contribution in [0.4, 0.5) is 5.82 Å². The van der Waals surface area contributed by atoms with Crippen LogP contribution in [0.2, 0.25) is 0 Å². The molecule has 0 aromatic carbocycles. The number of anilines is 1. The number of rotatable bonds is 10. The van der Waals surface area contributed by atoms with E-state index in [2.05, 4.69) is 30.1 Å². The van der Waals surface area contributed by atoms with Crippen molar-refractivity contribution in [2.45, 2.75) is 27.3 Å². The zero-order chi connectivity index (χ0) is 15.7. The van der Waals surface area contributed by atoms with Gasteiger partial charge >= 0.3 is 0 Å². The monoisotopic (exact) mass is 295 g/mol. The van der Waals surface area contributed by atoms with E-state index < -0.39 is 0 Å². The predicted molar refractivity (Wildman–Crippen MR) is 87.1 cm³/mol. The van der Waals surface area contributed by atoms with Crippen molar-refractivity contribution in [2.24, 2.45) is 0 Å². The fourth-order valence-electron chi connectivity index (χ4n) is 2.30. The molecule has 0 atom stereocenters. The first-order valence-electron chi connectivity index (χ1n) is 7.54. The van der Waals surface area contributed by atoms with E-state index >= 15 is 0 Å². The minimum absolute atomic E-state index is 0.680. The number of methoxy groups -OCH3 is 2. The van der Waals surface area contributed by atoms with Crippen molar-refractivity contribution < 1.29 is 9.47 Å². The summed E-state index contributed by atoms with van der Waals surface area (Å²) in [5.41, 5.74) is 3.58. The van der Waals surface area contributed by atoms with E-state index in [9.17, 15) is 0 Å². The Labute approximate surface area is 128 Å². The van der Waals surface area contributed by atoms with Gasteiger partial charge in [0.1, 0.15) is 5.82 Å². The molecule has 0 amide bonds. The lowest BCUT2D eigenvalue weighted by atomic mass is 10.1. The molecule has 1 aromatic heterocycles. The fraction of sp³-hybridized carbons (Fsp3) is 0.688. The molecule has 0 bridgehead atoms. The second-order valence-electron chi connectivity index (χ2n) is 5.14. The Hall–Kier alpha value is -1.17. The molecule has 0 aliphatic rings. The van der Waals surface area contributed by atoms with Crippen LogP contribution in [0, 0.1) is 13.8 Å². The van der Waals surface area contributed by atoms with Crippen LogP contribution >= 0.6 is 0 Å². The van der Waals surface area contributed by atoms with Crippen LogP contribution < -0.4 is 10.2 Å². The summed E-state index contributed by atoms with van der Waals surface area (Å²) in [5, 5.41) is 3.40. The number of pyridine rings is 1. The average molecular weight is 295 g/mol. The van der Waals surface area contributed by atoms with E-state index in [-0.39, 0.29) is 0 Å². The maximum Gasteiger partial charge on any atom is 0.133 e. The van der Waals surface area contributed by atoms with Crippen molar-refractivity contribution in [3.05, 3.63) is 22.9 Å². The Balaban J connectivity index is 3.06. The summed E-state index contributed by atoms with van der Waals surface area (Å²) >= 11 is 0. The molecule has 1 N–H and O–H groups in total. The lowest BCUT2D eigenvalue weighted by molar-refractivity contribution is 0.190. The zero-order valence-corrected chi connectivity index (χ0v) is 14.0. The largest absolute Gasteiger partial charge is 0.383 e. The Kier molecular flexibility index (Phi) is 8.27. The number of hydrogen-bond donors (Lipinski definition) is 1. The molecule has 120 valence electrons. The molecule has 1 rings (SSSR count). The van der Waals surface area contributed by atoms with E-state index in [0.29, 0.717) is 13.2 Å². The Morgan fingerprint density at radius 1 is 1.14 bits per heavy atom. The topological polar surface area (TPSA) is 46.6 Å². The van der Waals surface area contributed by atoms with Crippen LogP contribution in [0.1, 0.15) is 23.7 Å². The molecule has 0 saturated carbocycles. The van der Waals surface area contributed by atoms with Gasteiger partial charge in [0.2, 0.25) is 0 Å². The van der Waals surface area contributed by atoms with Crippen molar-refractivity contribution in [3.8, 4) is 0 Å². The van der Waals surface area contributed by atoms with Gasteiger partial charge in [-0.2, -0.15) is 0 Å². The predicted octanol–water partition coefficient (Wildman–Crippen LogP) is 1.91. The summed E-state index contributed by atoms with van der Waals surface area (Å²) in [7, 11) is 3.45. The molecule has 21 heavy (non-hydrogen) atoms. The highest BCUT2D eigenvalue weighted by Crippen LogP contribution is 2.22. The number of aromatic nitrogens is 1. The molecule has 0 spiro atoms. The molecule has 0 radical (unpaired) electrons. The second-order valence-corrected chi connectivity index (χ2v) is 5.14. The van der Waals surface area contributed by atoms with Crippen LogP contribution in [0.15, 0.2) is 6.07 Å². The third kappa shape index (κ3) is 5.61. The quantitative estimate of drug-likeness (QED) is 0.714. The van der Waals surface area contributed by atoms with E-state index in [1.165, 1.54) is 11.1 Å². The molecule has 0 unspecified atom stereocenters. The van der Waals surface area contributed by atoms with Crippen LogP contribution in [-0.2, 0) is 16.0 Å². The van der Waals surface area contributed by atoms with Crippen LogP contribution in [0.5, 0.6) is 0 Å². The molecule has 0 saturated heterocycles. The molecule has 5 heteroatoms. The van der Waals surface area contributed by atoms with E-state index in [1.807, 2.05) is 6.92 Å². The van der Waals surface area contributed by atoms with Crippen LogP contribution in [0.25, 0.3) is 0 Å². The Bertz CT molecular complexity index is 416. The van der Waals surface area contributed by atoms with Gasteiger partial charge in [0.15, 0.2) is 0 Å². The normalized spacial score (nSPS) is 10.9. The van der Waals surface area contributed by atoms with Gasteiger partial charge in [-0.05, 0) is 32.0 Å². The highest BCUT2D eigenvalue weighted by atomic mass is 16.5. The van der Waals surface area contributed by atoms with E-state index in [1.54, 1.807) is 14.2 Å². The fourth-order valence-corrected chi connectivity index (χ4v) is 2.30. The molecule has 1 heterocycles. The van der Waals surface area contributed by atoms with Gasteiger partial charge in [-0.25, -0.2) is 4.98 Å². The summed E-state index contributed by atoms with van der Waals surface area (Å²) in [6.45, 7) is 11.1. The molecule has 0 aliphatic heterocycles. The third-order valence-electron chi connectivity index (χ3n) is 3.44. The molecular weight excluding hydrogens is 266 g/mol. The molecular formula is C16H29N3O2. The second kappa shape index (κ2) is 9.71. The smallest absolute Gasteiger partial charge is 0.133 e. The van der Waals surface area contributed by atoms with Crippen LogP contribution in [-0.4, -0.2) is 52.1 Å². The van der Waals surface area contributed by atoms with E-state index in [0.717, 1.165) is 37.7 Å². The number of hydrogen-bond acceptors (Lipinski definition) is 5. The molecule has 5 nitrogen and oxygen atoms in total. The van der Waals surface area contributed by atoms with E-state index in [4.69, 9.17) is 14.5 Å². The van der Waals surface area contributed by atoms with Gasteiger partial charge in [-0.15, -0.1) is 0 Å². The van der Waals surface area contributed by atoms with Crippen molar-refractivity contribution in [1.29, 1.82) is 0 Å². The van der Waals surface area contributed by atoms with Crippen molar-refractivity contribution >= 4 is 5.82 Å². The van der Waals surface area contributed by atoms with Gasteiger partial charge in [-0.3, -0.25) is 0 Å². The SMILES string of the molecule is CCNCc1c(C)cc(C)nc1N(CCOC)CCOC. The minimum atomic E-state index is 0.680. The maximum absolute atomic E-state index is 5.23. The van der Waals surface area contributed by atoms with Gasteiger partial charge in [0, 0.05) is 45.1 Å². The Morgan fingerprint density at radius 3 is 2.29 bits per heavy atom. The van der Waals surface area contributed by atoms with Crippen molar-refractivity contribution in [1.82, 2.24) is 10.3 Å². The number of nitrogens with one attached hydrogen (secondary N) is 1. The highest BCUT2D eigenvalue weighted by Gasteiger charge is 2.15.